The van der Waals surface area contributed by atoms with Crippen LogP contribution in [-0.2, 0) is 14.3 Å². The van der Waals surface area contributed by atoms with Crippen molar-refractivity contribution >= 4 is 5.97 Å². The van der Waals surface area contributed by atoms with Gasteiger partial charge in [-0.15, -0.1) is 0 Å². The lowest BCUT2D eigenvalue weighted by atomic mass is 10.1. The lowest BCUT2D eigenvalue weighted by Crippen LogP contribution is -2.64. The first kappa shape index (κ1) is 10.4. The number of carbonyl (C=O) groups is 1. The molecule has 1 rings (SSSR count). The van der Waals surface area contributed by atoms with Gasteiger partial charge in [-0.3, -0.25) is 9.69 Å². The standard InChI is InChI=1S/C8H15NO4/c1-12-8(13-2)5-9(6-8)4-3-7(10)11/h3-6H2,1-2H3,(H,10,11). The summed E-state index contributed by atoms with van der Waals surface area (Å²) in [5.41, 5.74) is 0. The number of nitrogens with zero attached hydrogens (tertiary/aromatic N) is 1. The van der Waals surface area contributed by atoms with Crippen molar-refractivity contribution in [2.75, 3.05) is 33.9 Å². The summed E-state index contributed by atoms with van der Waals surface area (Å²) in [5.74, 6) is -1.27. The van der Waals surface area contributed by atoms with E-state index in [1.807, 2.05) is 4.90 Å². The van der Waals surface area contributed by atoms with Crippen molar-refractivity contribution in [2.24, 2.45) is 0 Å². The van der Waals surface area contributed by atoms with Crippen LogP contribution in [0.25, 0.3) is 0 Å². The van der Waals surface area contributed by atoms with Gasteiger partial charge in [-0.25, -0.2) is 0 Å². The van der Waals surface area contributed by atoms with Gasteiger partial charge in [-0.2, -0.15) is 0 Å². The van der Waals surface area contributed by atoms with Gasteiger partial charge in [-0.1, -0.05) is 0 Å². The molecule has 0 radical (unpaired) electrons. The van der Waals surface area contributed by atoms with Crippen molar-refractivity contribution in [3.63, 3.8) is 0 Å². The van der Waals surface area contributed by atoms with Crippen LogP contribution in [0.5, 0.6) is 0 Å². The van der Waals surface area contributed by atoms with E-state index in [1.165, 1.54) is 0 Å². The summed E-state index contributed by atoms with van der Waals surface area (Å²) in [5, 5.41) is 8.44. The lowest BCUT2D eigenvalue weighted by Gasteiger charge is -2.47. The minimum Gasteiger partial charge on any atom is -0.481 e. The molecule has 1 N–H and O–H groups in total. The Labute approximate surface area is 77.2 Å². The number of hydrogen-bond acceptors (Lipinski definition) is 4. The second kappa shape index (κ2) is 4.04. The summed E-state index contributed by atoms with van der Waals surface area (Å²) in [6.07, 6.45) is 0.170. The Morgan fingerprint density at radius 2 is 2.00 bits per heavy atom. The zero-order valence-electron chi connectivity index (χ0n) is 7.95. The highest BCUT2D eigenvalue weighted by atomic mass is 16.7. The van der Waals surface area contributed by atoms with Gasteiger partial charge in [0.15, 0.2) is 5.79 Å². The first-order chi connectivity index (χ1) is 6.12. The largest absolute Gasteiger partial charge is 0.481 e. The fraction of sp³-hybridized carbons (Fsp3) is 0.875. The van der Waals surface area contributed by atoms with E-state index in [0.717, 1.165) is 0 Å². The highest BCUT2D eigenvalue weighted by Gasteiger charge is 2.43. The van der Waals surface area contributed by atoms with E-state index in [1.54, 1.807) is 14.2 Å². The molecular weight excluding hydrogens is 174 g/mol. The summed E-state index contributed by atoms with van der Waals surface area (Å²) in [4.78, 5) is 12.2. The summed E-state index contributed by atoms with van der Waals surface area (Å²) in [7, 11) is 3.19. The highest BCUT2D eigenvalue weighted by Crippen LogP contribution is 2.24. The summed E-state index contributed by atoms with van der Waals surface area (Å²) >= 11 is 0. The Balaban J connectivity index is 2.20. The van der Waals surface area contributed by atoms with Gasteiger partial charge in [0, 0.05) is 20.8 Å². The van der Waals surface area contributed by atoms with Gasteiger partial charge in [-0.05, 0) is 0 Å². The molecule has 13 heavy (non-hydrogen) atoms. The van der Waals surface area contributed by atoms with Crippen molar-refractivity contribution in [3.8, 4) is 0 Å². The fourth-order valence-corrected chi connectivity index (χ4v) is 1.39. The molecular formula is C8H15NO4. The fourth-order valence-electron chi connectivity index (χ4n) is 1.39. The van der Waals surface area contributed by atoms with Crippen LogP contribution in [0.4, 0.5) is 0 Å². The van der Waals surface area contributed by atoms with Crippen LogP contribution in [0.3, 0.4) is 0 Å². The summed E-state index contributed by atoms with van der Waals surface area (Å²) in [6.45, 7) is 1.85. The average molecular weight is 189 g/mol. The van der Waals surface area contributed by atoms with Gasteiger partial charge in [0.05, 0.1) is 19.5 Å². The normalized spacial score (nSPS) is 21.1. The molecule has 0 unspecified atom stereocenters. The minimum atomic E-state index is -0.771. The molecule has 1 saturated heterocycles. The van der Waals surface area contributed by atoms with Crippen molar-refractivity contribution < 1.29 is 19.4 Å². The Morgan fingerprint density at radius 3 is 2.38 bits per heavy atom. The van der Waals surface area contributed by atoms with Crippen molar-refractivity contribution in [1.29, 1.82) is 0 Å². The third-order valence-corrected chi connectivity index (χ3v) is 2.31. The molecule has 0 aliphatic carbocycles. The number of carboxylic acids is 1. The molecule has 0 spiro atoms. The number of rotatable bonds is 5. The third kappa shape index (κ3) is 2.40. The number of ether oxygens (including phenoxy) is 2. The van der Waals surface area contributed by atoms with Crippen LogP contribution >= 0.6 is 0 Å². The number of hydrogen-bond donors (Lipinski definition) is 1. The van der Waals surface area contributed by atoms with E-state index >= 15 is 0 Å². The Kier molecular flexibility index (Phi) is 3.24. The third-order valence-electron chi connectivity index (χ3n) is 2.31. The molecule has 5 nitrogen and oxygen atoms in total. The SMILES string of the molecule is COC1(OC)CN(CCC(=O)O)C1. The van der Waals surface area contributed by atoms with Crippen molar-refractivity contribution in [3.05, 3.63) is 0 Å². The van der Waals surface area contributed by atoms with Gasteiger partial charge in [0.25, 0.3) is 0 Å². The van der Waals surface area contributed by atoms with E-state index in [2.05, 4.69) is 0 Å². The smallest absolute Gasteiger partial charge is 0.304 e. The average Bonchev–Trinajstić information content (AvgIpc) is 2.03. The predicted molar refractivity (Wildman–Crippen MR) is 45.4 cm³/mol. The Morgan fingerprint density at radius 1 is 1.46 bits per heavy atom. The minimum absolute atomic E-state index is 0.170. The second-order valence-electron chi connectivity index (χ2n) is 3.17. The molecule has 0 bridgehead atoms. The molecule has 0 amide bonds. The maximum Gasteiger partial charge on any atom is 0.304 e. The van der Waals surface area contributed by atoms with Gasteiger partial charge < -0.3 is 14.6 Å². The van der Waals surface area contributed by atoms with Gasteiger partial charge >= 0.3 is 5.97 Å². The van der Waals surface area contributed by atoms with E-state index in [0.29, 0.717) is 19.6 Å². The van der Waals surface area contributed by atoms with Crippen LogP contribution in [0, 0.1) is 0 Å². The molecule has 1 heterocycles. The quantitative estimate of drug-likeness (QED) is 0.605. The predicted octanol–water partition coefficient (Wildman–Crippen LogP) is -0.234. The second-order valence-corrected chi connectivity index (χ2v) is 3.17. The van der Waals surface area contributed by atoms with Crippen LogP contribution in [0.2, 0.25) is 0 Å². The van der Waals surface area contributed by atoms with Crippen LogP contribution < -0.4 is 0 Å². The van der Waals surface area contributed by atoms with E-state index in [-0.39, 0.29) is 6.42 Å². The molecule has 5 heteroatoms. The van der Waals surface area contributed by atoms with Gasteiger partial charge in [0.1, 0.15) is 0 Å². The Hall–Kier alpha value is -0.650. The van der Waals surface area contributed by atoms with Crippen LogP contribution in [0.15, 0.2) is 0 Å². The zero-order chi connectivity index (χ0) is 9.90. The molecule has 1 aliphatic heterocycles. The zero-order valence-corrected chi connectivity index (χ0v) is 7.95. The molecule has 76 valence electrons. The molecule has 1 fully saturated rings. The number of likely N-dealkylation sites (tertiary alicyclic amines) is 1. The highest BCUT2D eigenvalue weighted by molar-refractivity contribution is 5.66. The van der Waals surface area contributed by atoms with E-state index in [4.69, 9.17) is 14.6 Å². The monoisotopic (exact) mass is 189 g/mol. The molecule has 0 aromatic rings. The van der Waals surface area contributed by atoms with Crippen molar-refractivity contribution in [2.45, 2.75) is 12.2 Å². The first-order valence-corrected chi connectivity index (χ1v) is 4.16. The van der Waals surface area contributed by atoms with Crippen LogP contribution in [-0.4, -0.2) is 55.6 Å². The van der Waals surface area contributed by atoms with E-state index in [9.17, 15) is 4.79 Å². The molecule has 0 aromatic carbocycles. The Bertz CT molecular complexity index is 183. The molecule has 0 atom stereocenters. The number of carboxylic acid groups (broad SMARTS) is 1. The molecule has 0 saturated carbocycles. The lowest BCUT2D eigenvalue weighted by molar-refractivity contribution is -0.275. The maximum absolute atomic E-state index is 10.3. The van der Waals surface area contributed by atoms with E-state index < -0.39 is 11.8 Å². The number of aliphatic carboxylic acids is 1. The van der Waals surface area contributed by atoms with Crippen LogP contribution in [0.1, 0.15) is 6.42 Å². The topological polar surface area (TPSA) is 59.0 Å². The van der Waals surface area contributed by atoms with Gasteiger partial charge in [0.2, 0.25) is 0 Å². The summed E-state index contributed by atoms with van der Waals surface area (Å²) < 4.78 is 10.3. The molecule has 1 aliphatic rings. The summed E-state index contributed by atoms with van der Waals surface area (Å²) in [6, 6.07) is 0. The number of methoxy groups -OCH3 is 2. The first-order valence-electron chi connectivity index (χ1n) is 4.16. The molecule has 0 aromatic heterocycles. The van der Waals surface area contributed by atoms with Crippen molar-refractivity contribution in [1.82, 2.24) is 4.90 Å². The maximum atomic E-state index is 10.3.